The summed E-state index contributed by atoms with van der Waals surface area (Å²) in [5.41, 5.74) is 0.935. The molecule has 0 atom stereocenters. The molecule has 3 aromatic rings. The Morgan fingerprint density at radius 1 is 1.04 bits per heavy atom. The fraction of sp³-hybridized carbons (Fsp3) is 0.143. The van der Waals surface area contributed by atoms with Crippen LogP contribution in [0.3, 0.4) is 0 Å². The summed E-state index contributed by atoms with van der Waals surface area (Å²) < 4.78 is 39.8. The van der Waals surface area contributed by atoms with Gasteiger partial charge in [-0.05, 0) is 48.4 Å². The predicted molar refractivity (Wildman–Crippen MR) is 100 cm³/mol. The van der Waals surface area contributed by atoms with Crippen LogP contribution in [0.25, 0.3) is 0 Å². The lowest BCUT2D eigenvalue weighted by molar-refractivity contribution is -0.137. The number of hydrogen-bond acceptors (Lipinski definition) is 2. The Balaban J connectivity index is 1.84. The highest BCUT2D eigenvalue weighted by Crippen LogP contribution is 2.29. The number of pyridine rings is 1. The highest BCUT2D eigenvalue weighted by molar-refractivity contribution is 6.04. The van der Waals surface area contributed by atoms with Crippen LogP contribution in [0.2, 0.25) is 0 Å². The molecular weight excluding hydrogens is 369 g/mol. The summed E-state index contributed by atoms with van der Waals surface area (Å²) in [6.07, 6.45) is -3.12. The molecule has 0 fully saturated rings. The van der Waals surface area contributed by atoms with Gasteiger partial charge in [-0.15, -0.1) is 0 Å². The average Bonchev–Trinajstić information content (AvgIpc) is 2.63. The smallest absolute Gasteiger partial charge is 0.322 e. The van der Waals surface area contributed by atoms with Crippen LogP contribution in [0, 0.1) is 6.92 Å². The van der Waals surface area contributed by atoms with Crippen molar-refractivity contribution in [3.8, 4) is 0 Å². The highest BCUT2D eigenvalue weighted by Gasteiger charge is 2.30. The zero-order valence-corrected chi connectivity index (χ0v) is 15.0. The Kier molecular flexibility index (Phi) is 5.35. The quantitative estimate of drug-likeness (QED) is 0.719. The second-order valence-electron chi connectivity index (χ2n) is 6.41. The number of halogens is 3. The lowest BCUT2D eigenvalue weighted by atomic mass is 10.1. The summed E-state index contributed by atoms with van der Waals surface area (Å²) in [4.78, 5) is 24.5. The van der Waals surface area contributed by atoms with Crippen molar-refractivity contribution < 1.29 is 18.0 Å². The van der Waals surface area contributed by atoms with Crippen molar-refractivity contribution in [1.82, 2.24) is 4.57 Å². The maximum absolute atomic E-state index is 12.9. The fourth-order valence-corrected chi connectivity index (χ4v) is 2.76. The van der Waals surface area contributed by atoms with Crippen LogP contribution < -0.4 is 10.9 Å². The van der Waals surface area contributed by atoms with E-state index in [0.29, 0.717) is 11.3 Å². The van der Waals surface area contributed by atoms with Crippen molar-refractivity contribution in [3.05, 3.63) is 99.5 Å². The van der Waals surface area contributed by atoms with Crippen molar-refractivity contribution in [3.63, 3.8) is 0 Å². The fourth-order valence-electron chi connectivity index (χ4n) is 2.76. The largest absolute Gasteiger partial charge is 0.416 e. The lowest BCUT2D eigenvalue weighted by Gasteiger charge is -2.11. The zero-order chi connectivity index (χ0) is 20.3. The number of nitrogens with one attached hydrogen (secondary N) is 1. The molecule has 3 rings (SSSR count). The van der Waals surface area contributed by atoms with Crippen molar-refractivity contribution in [2.45, 2.75) is 19.6 Å². The van der Waals surface area contributed by atoms with Gasteiger partial charge in [0.25, 0.3) is 11.5 Å². The second-order valence-corrected chi connectivity index (χ2v) is 6.41. The molecule has 0 spiro atoms. The van der Waals surface area contributed by atoms with E-state index in [1.807, 2.05) is 13.0 Å². The molecule has 144 valence electrons. The molecule has 0 bridgehead atoms. The van der Waals surface area contributed by atoms with Crippen LogP contribution in [0.5, 0.6) is 0 Å². The van der Waals surface area contributed by atoms with Crippen LogP contribution in [-0.2, 0) is 12.7 Å². The Hall–Kier alpha value is -3.35. The normalized spacial score (nSPS) is 11.3. The van der Waals surface area contributed by atoms with E-state index in [1.54, 1.807) is 18.2 Å². The number of alkyl halides is 3. The van der Waals surface area contributed by atoms with Gasteiger partial charge in [0, 0.05) is 18.0 Å². The molecule has 1 N–H and O–H groups in total. The number of anilines is 1. The molecule has 7 heteroatoms. The Morgan fingerprint density at radius 2 is 1.79 bits per heavy atom. The van der Waals surface area contributed by atoms with Gasteiger partial charge in [0.2, 0.25) is 0 Å². The minimum atomic E-state index is -4.46. The Morgan fingerprint density at radius 3 is 2.50 bits per heavy atom. The van der Waals surface area contributed by atoms with Gasteiger partial charge in [0.05, 0.1) is 17.7 Å². The van der Waals surface area contributed by atoms with E-state index in [9.17, 15) is 22.8 Å². The van der Waals surface area contributed by atoms with Crippen molar-refractivity contribution in [1.29, 1.82) is 0 Å². The molecule has 1 aromatic heterocycles. The first kappa shape index (κ1) is 19.4. The summed E-state index contributed by atoms with van der Waals surface area (Å²) in [6.45, 7) is 1.82. The lowest BCUT2D eigenvalue weighted by Crippen LogP contribution is -2.22. The summed E-state index contributed by atoms with van der Waals surface area (Å²) in [7, 11) is 0. The predicted octanol–water partition coefficient (Wildman–Crippen LogP) is 4.48. The highest BCUT2D eigenvalue weighted by atomic mass is 19.4. The van der Waals surface area contributed by atoms with E-state index < -0.39 is 23.2 Å². The average molecular weight is 386 g/mol. The first-order valence-corrected chi connectivity index (χ1v) is 8.47. The van der Waals surface area contributed by atoms with Crippen LogP contribution >= 0.6 is 0 Å². The van der Waals surface area contributed by atoms with Crippen LogP contribution in [0.4, 0.5) is 18.9 Å². The number of carbonyl (C=O) groups excluding carboxylic acids is 1. The third-order valence-electron chi connectivity index (χ3n) is 4.13. The Bertz CT molecular complexity index is 1070. The van der Waals surface area contributed by atoms with Gasteiger partial charge in [-0.25, -0.2) is 0 Å². The van der Waals surface area contributed by atoms with Crippen molar-refractivity contribution in [2.75, 3.05) is 5.32 Å². The van der Waals surface area contributed by atoms with E-state index in [2.05, 4.69) is 5.32 Å². The third kappa shape index (κ3) is 4.68. The molecule has 0 unspecified atom stereocenters. The molecule has 0 aliphatic heterocycles. The van der Waals surface area contributed by atoms with Gasteiger partial charge in [0.1, 0.15) is 0 Å². The minimum Gasteiger partial charge on any atom is -0.322 e. The third-order valence-corrected chi connectivity index (χ3v) is 4.13. The molecule has 2 aromatic carbocycles. The van der Waals surface area contributed by atoms with Crippen LogP contribution in [0.15, 0.2) is 71.7 Å². The maximum atomic E-state index is 12.9. The van der Waals surface area contributed by atoms with E-state index >= 15 is 0 Å². The number of hydrogen-bond donors (Lipinski definition) is 1. The molecule has 4 nitrogen and oxygen atoms in total. The zero-order valence-electron chi connectivity index (χ0n) is 15.0. The van der Waals surface area contributed by atoms with Crippen molar-refractivity contribution in [2.24, 2.45) is 0 Å². The molecule has 0 radical (unpaired) electrons. The summed E-state index contributed by atoms with van der Waals surface area (Å²) in [6, 6.07) is 14.6. The van der Waals surface area contributed by atoms with Gasteiger partial charge in [-0.1, -0.05) is 24.3 Å². The van der Waals surface area contributed by atoms with Gasteiger partial charge < -0.3 is 9.88 Å². The van der Waals surface area contributed by atoms with E-state index in [1.165, 1.54) is 35.0 Å². The standard InChI is InChI=1S/C21H17F3N2O2/c1-14-4-2-7-18(10-14)25-20(28)16-8-9-19(27)26(13-16)12-15-5-3-6-17(11-15)21(22,23)24/h2-11,13H,12H2,1H3,(H,25,28). The van der Waals surface area contributed by atoms with Gasteiger partial charge in [-0.2, -0.15) is 13.2 Å². The van der Waals surface area contributed by atoms with E-state index in [-0.39, 0.29) is 12.1 Å². The molecule has 0 saturated carbocycles. The van der Waals surface area contributed by atoms with E-state index in [4.69, 9.17) is 0 Å². The molecule has 0 saturated heterocycles. The molecule has 1 amide bonds. The molecule has 1 heterocycles. The van der Waals surface area contributed by atoms with E-state index in [0.717, 1.165) is 17.7 Å². The number of nitrogens with zero attached hydrogens (tertiary/aromatic N) is 1. The van der Waals surface area contributed by atoms with Crippen molar-refractivity contribution >= 4 is 11.6 Å². The SMILES string of the molecule is Cc1cccc(NC(=O)c2ccc(=O)n(Cc3cccc(C(F)(F)F)c3)c2)c1. The number of aryl methyl sites for hydroxylation is 1. The van der Waals surface area contributed by atoms with Gasteiger partial charge in [-0.3, -0.25) is 9.59 Å². The first-order valence-electron chi connectivity index (χ1n) is 8.47. The number of amides is 1. The monoisotopic (exact) mass is 386 g/mol. The topological polar surface area (TPSA) is 51.1 Å². The number of benzene rings is 2. The van der Waals surface area contributed by atoms with Gasteiger partial charge >= 0.3 is 6.18 Å². The van der Waals surface area contributed by atoms with Crippen LogP contribution in [-0.4, -0.2) is 10.5 Å². The van der Waals surface area contributed by atoms with Gasteiger partial charge in [0.15, 0.2) is 0 Å². The molecular formula is C21H17F3N2O2. The second kappa shape index (κ2) is 7.72. The molecule has 0 aliphatic carbocycles. The number of rotatable bonds is 4. The summed E-state index contributed by atoms with van der Waals surface area (Å²) >= 11 is 0. The first-order chi connectivity index (χ1) is 13.2. The number of aromatic nitrogens is 1. The maximum Gasteiger partial charge on any atom is 0.416 e. The Labute approximate surface area is 159 Å². The number of carbonyl (C=O) groups is 1. The van der Waals surface area contributed by atoms with Crippen LogP contribution in [0.1, 0.15) is 27.0 Å². The summed E-state index contributed by atoms with van der Waals surface area (Å²) in [5, 5.41) is 2.74. The molecule has 0 aliphatic rings. The minimum absolute atomic E-state index is 0.0751. The molecule has 28 heavy (non-hydrogen) atoms. The summed E-state index contributed by atoms with van der Waals surface area (Å²) in [5.74, 6) is -0.414.